The van der Waals surface area contributed by atoms with Crippen molar-refractivity contribution in [1.29, 1.82) is 0 Å². The molecule has 0 atom stereocenters. The average Bonchev–Trinajstić information content (AvgIpc) is 3.19. The van der Waals surface area contributed by atoms with E-state index in [1.54, 1.807) is 23.1 Å². The fourth-order valence-corrected chi connectivity index (χ4v) is 5.30. The Kier molecular flexibility index (Phi) is 6.67. The third-order valence-corrected chi connectivity index (χ3v) is 7.29. The first-order valence-corrected chi connectivity index (χ1v) is 12.0. The van der Waals surface area contributed by atoms with Crippen LogP contribution in [0, 0.1) is 12.8 Å². The van der Waals surface area contributed by atoms with Gasteiger partial charge in [0.1, 0.15) is 0 Å². The van der Waals surface area contributed by atoms with Crippen molar-refractivity contribution in [1.82, 2.24) is 9.88 Å². The Bertz CT molecular complexity index is 929. The molecular weight excluding hydrogens is 396 g/mol. The number of rotatable bonds is 6. The quantitative estimate of drug-likeness (QED) is 0.468. The number of hydrogen-bond donors (Lipinski definition) is 0. The maximum absolute atomic E-state index is 12.9. The summed E-state index contributed by atoms with van der Waals surface area (Å²) in [6.45, 7) is 3.75. The molecule has 2 heterocycles. The van der Waals surface area contributed by atoms with Gasteiger partial charge < -0.3 is 4.90 Å². The van der Waals surface area contributed by atoms with E-state index in [1.165, 1.54) is 10.5 Å². The van der Waals surface area contributed by atoms with Gasteiger partial charge in [-0.25, -0.2) is 4.98 Å². The molecular formula is C24H26N2OS2. The van der Waals surface area contributed by atoms with Gasteiger partial charge >= 0.3 is 0 Å². The molecule has 29 heavy (non-hydrogen) atoms. The minimum absolute atomic E-state index is 0.162. The predicted molar refractivity (Wildman–Crippen MR) is 122 cm³/mol. The second-order valence-electron chi connectivity index (χ2n) is 7.60. The van der Waals surface area contributed by atoms with Gasteiger partial charge in [0.2, 0.25) is 0 Å². The fraction of sp³-hybridized carbons (Fsp3) is 0.333. The highest BCUT2D eigenvalue weighted by molar-refractivity contribution is 7.98. The van der Waals surface area contributed by atoms with Crippen LogP contribution in [0.25, 0.3) is 0 Å². The van der Waals surface area contributed by atoms with Gasteiger partial charge in [0.15, 0.2) is 0 Å². The molecule has 1 amide bonds. The monoisotopic (exact) mass is 422 g/mol. The summed E-state index contributed by atoms with van der Waals surface area (Å²) in [6, 6.07) is 18.7. The predicted octanol–water partition coefficient (Wildman–Crippen LogP) is 5.84. The Labute approximate surface area is 181 Å². The van der Waals surface area contributed by atoms with E-state index in [2.05, 4.69) is 52.8 Å². The number of hydrogen-bond acceptors (Lipinski definition) is 4. The lowest BCUT2D eigenvalue weighted by molar-refractivity contribution is 0.0690. The average molecular weight is 423 g/mol. The van der Waals surface area contributed by atoms with Gasteiger partial charge in [-0.15, -0.1) is 23.1 Å². The number of benzene rings is 2. The molecule has 1 fully saturated rings. The molecule has 2 aromatic carbocycles. The first-order chi connectivity index (χ1) is 14.2. The molecule has 5 heteroatoms. The van der Waals surface area contributed by atoms with Crippen molar-refractivity contribution >= 4 is 29.0 Å². The van der Waals surface area contributed by atoms with Crippen LogP contribution in [0.4, 0.5) is 0 Å². The summed E-state index contributed by atoms with van der Waals surface area (Å²) in [5.41, 5.74) is 3.31. The number of nitrogens with zero attached hydrogens (tertiary/aromatic N) is 2. The summed E-state index contributed by atoms with van der Waals surface area (Å²) in [4.78, 5) is 20.6. The Morgan fingerprint density at radius 1 is 1.10 bits per heavy atom. The van der Waals surface area contributed by atoms with Crippen LogP contribution in [0.15, 0.2) is 64.9 Å². The molecule has 1 saturated heterocycles. The molecule has 0 radical (unpaired) electrons. The minimum atomic E-state index is 0.162. The third-order valence-electron chi connectivity index (χ3n) is 5.42. The van der Waals surface area contributed by atoms with Crippen LogP contribution in [-0.4, -0.2) is 28.9 Å². The summed E-state index contributed by atoms with van der Waals surface area (Å²) in [5.74, 6) is 1.71. The van der Waals surface area contributed by atoms with Gasteiger partial charge in [-0.2, -0.15) is 0 Å². The zero-order valence-electron chi connectivity index (χ0n) is 16.7. The maximum Gasteiger partial charge on any atom is 0.253 e. The molecule has 150 valence electrons. The number of piperidine rings is 1. The molecule has 0 spiro atoms. The van der Waals surface area contributed by atoms with Gasteiger partial charge in [-0.1, -0.05) is 30.3 Å². The number of thioether (sulfide) groups is 1. The molecule has 3 nitrogen and oxygen atoms in total. The van der Waals surface area contributed by atoms with Crippen molar-refractivity contribution in [3.05, 3.63) is 81.8 Å². The van der Waals surface area contributed by atoms with Gasteiger partial charge in [0, 0.05) is 34.7 Å². The standard InChI is InChI=1S/C24H26N2OS2/c1-18-25-22(16-28-18)17-29-23-9-7-21(8-10-23)24(27)26-13-11-20(12-14-26)15-19-5-3-2-4-6-19/h2-10,16,20H,11-15,17H2,1H3. The van der Waals surface area contributed by atoms with Crippen LogP contribution < -0.4 is 0 Å². The largest absolute Gasteiger partial charge is 0.339 e. The van der Waals surface area contributed by atoms with E-state index >= 15 is 0 Å². The molecule has 0 N–H and O–H groups in total. The normalized spacial score (nSPS) is 14.9. The maximum atomic E-state index is 12.9. The summed E-state index contributed by atoms with van der Waals surface area (Å²) in [7, 11) is 0. The smallest absolute Gasteiger partial charge is 0.253 e. The molecule has 1 aromatic heterocycles. The molecule has 0 bridgehead atoms. The number of likely N-dealkylation sites (tertiary alicyclic amines) is 1. The lowest BCUT2D eigenvalue weighted by Gasteiger charge is -2.32. The van der Waals surface area contributed by atoms with Crippen LogP contribution in [0.5, 0.6) is 0 Å². The number of aromatic nitrogens is 1. The van der Waals surface area contributed by atoms with Gasteiger partial charge in [-0.05, 0) is 61.9 Å². The minimum Gasteiger partial charge on any atom is -0.339 e. The fourth-order valence-electron chi connectivity index (χ4n) is 3.80. The molecule has 0 unspecified atom stereocenters. The first-order valence-electron chi connectivity index (χ1n) is 10.1. The van der Waals surface area contributed by atoms with Crippen molar-refractivity contribution < 1.29 is 4.79 Å². The number of carbonyl (C=O) groups is 1. The van der Waals surface area contributed by atoms with Crippen LogP contribution in [0.3, 0.4) is 0 Å². The summed E-state index contributed by atoms with van der Waals surface area (Å²) >= 11 is 3.45. The van der Waals surface area contributed by atoms with E-state index in [1.807, 2.05) is 24.0 Å². The molecule has 0 saturated carbocycles. The molecule has 1 aliphatic heterocycles. The van der Waals surface area contributed by atoms with E-state index < -0.39 is 0 Å². The number of aryl methyl sites for hydroxylation is 1. The van der Waals surface area contributed by atoms with Gasteiger partial charge in [0.05, 0.1) is 10.7 Å². The Hall–Kier alpha value is -2.11. The second kappa shape index (κ2) is 9.59. The Morgan fingerprint density at radius 2 is 1.83 bits per heavy atom. The lowest BCUT2D eigenvalue weighted by Crippen LogP contribution is -2.38. The summed E-state index contributed by atoms with van der Waals surface area (Å²) in [5, 5.41) is 3.22. The van der Waals surface area contributed by atoms with Gasteiger partial charge in [-0.3, -0.25) is 4.79 Å². The van der Waals surface area contributed by atoms with E-state index in [0.29, 0.717) is 5.92 Å². The van der Waals surface area contributed by atoms with Gasteiger partial charge in [0.25, 0.3) is 5.91 Å². The van der Waals surface area contributed by atoms with Crippen LogP contribution in [0.1, 0.15) is 39.5 Å². The lowest BCUT2D eigenvalue weighted by atomic mass is 9.90. The first kappa shape index (κ1) is 20.2. The van der Waals surface area contributed by atoms with Crippen molar-refractivity contribution in [2.75, 3.05) is 13.1 Å². The van der Waals surface area contributed by atoms with Crippen LogP contribution >= 0.6 is 23.1 Å². The highest BCUT2D eigenvalue weighted by Gasteiger charge is 2.23. The van der Waals surface area contributed by atoms with E-state index in [0.717, 1.165) is 54.4 Å². The Balaban J connectivity index is 1.27. The highest BCUT2D eigenvalue weighted by atomic mass is 32.2. The summed E-state index contributed by atoms with van der Waals surface area (Å²) < 4.78 is 0. The van der Waals surface area contributed by atoms with E-state index in [4.69, 9.17) is 0 Å². The molecule has 0 aliphatic carbocycles. The molecule has 3 aromatic rings. The Morgan fingerprint density at radius 3 is 2.48 bits per heavy atom. The van der Waals surface area contributed by atoms with Crippen molar-refractivity contribution in [3.63, 3.8) is 0 Å². The van der Waals surface area contributed by atoms with Crippen LogP contribution in [0.2, 0.25) is 0 Å². The number of thiazole rings is 1. The van der Waals surface area contributed by atoms with E-state index in [-0.39, 0.29) is 5.91 Å². The van der Waals surface area contributed by atoms with E-state index in [9.17, 15) is 4.79 Å². The highest BCUT2D eigenvalue weighted by Crippen LogP contribution is 2.26. The third kappa shape index (κ3) is 5.49. The second-order valence-corrected chi connectivity index (χ2v) is 9.71. The molecule has 4 rings (SSSR count). The SMILES string of the molecule is Cc1nc(CSc2ccc(C(=O)N3CCC(Cc4ccccc4)CC3)cc2)cs1. The van der Waals surface area contributed by atoms with Crippen molar-refractivity contribution in [2.45, 2.75) is 36.8 Å². The zero-order valence-corrected chi connectivity index (χ0v) is 18.3. The van der Waals surface area contributed by atoms with Crippen molar-refractivity contribution in [2.24, 2.45) is 5.92 Å². The molecule has 1 aliphatic rings. The van der Waals surface area contributed by atoms with Crippen LogP contribution in [-0.2, 0) is 12.2 Å². The number of amides is 1. The summed E-state index contributed by atoms with van der Waals surface area (Å²) in [6.07, 6.45) is 3.29. The topological polar surface area (TPSA) is 33.2 Å². The zero-order chi connectivity index (χ0) is 20.1. The van der Waals surface area contributed by atoms with Crippen molar-refractivity contribution in [3.8, 4) is 0 Å². The number of carbonyl (C=O) groups excluding carboxylic acids is 1.